The summed E-state index contributed by atoms with van der Waals surface area (Å²) in [6, 6.07) is 37.2. The molecule has 0 saturated carbocycles. The molecule has 2 heterocycles. The van der Waals surface area contributed by atoms with Crippen LogP contribution in [0.3, 0.4) is 0 Å². The molecule has 0 aliphatic carbocycles. The van der Waals surface area contributed by atoms with Gasteiger partial charge in [0.25, 0.3) is 14.2 Å². The largest absolute Gasteiger partial charge is 0.497 e. The number of carbonyl (C=O) groups is 1. The Morgan fingerprint density at radius 3 is 2.14 bits per heavy atom. The summed E-state index contributed by atoms with van der Waals surface area (Å²) in [6.45, 7) is 8.38. The van der Waals surface area contributed by atoms with E-state index >= 15 is 0 Å². The van der Waals surface area contributed by atoms with E-state index in [0.29, 0.717) is 12.2 Å². The molecule has 0 radical (unpaired) electrons. The van der Waals surface area contributed by atoms with Crippen LogP contribution in [-0.4, -0.2) is 76.5 Å². The first kappa shape index (κ1) is 47.4. The van der Waals surface area contributed by atoms with E-state index in [1.165, 1.54) is 29.0 Å². The van der Waals surface area contributed by atoms with E-state index in [9.17, 15) is 25.0 Å². The van der Waals surface area contributed by atoms with Crippen molar-refractivity contribution in [2.75, 3.05) is 32.2 Å². The number of nitro benzene ring substituents is 1. The molecule has 1 fully saturated rings. The predicted molar refractivity (Wildman–Crippen MR) is 241 cm³/mol. The second kappa shape index (κ2) is 22.5. The molecule has 336 valence electrons. The van der Waals surface area contributed by atoms with Gasteiger partial charge in [-0.3, -0.25) is 20.0 Å². The summed E-state index contributed by atoms with van der Waals surface area (Å²) < 4.78 is 41.5. The van der Waals surface area contributed by atoms with E-state index in [2.05, 4.69) is 48.7 Å². The number of hydrogen-bond acceptors (Lipinski definition) is 13. The Kier molecular flexibility index (Phi) is 16.7. The Bertz CT molecular complexity index is 2330. The third kappa shape index (κ3) is 11.7. The van der Waals surface area contributed by atoms with Gasteiger partial charge in [-0.2, -0.15) is 10.2 Å². The van der Waals surface area contributed by atoms with E-state index in [0.717, 1.165) is 22.3 Å². The van der Waals surface area contributed by atoms with Crippen molar-refractivity contribution < 1.29 is 37.7 Å². The number of benzene rings is 4. The van der Waals surface area contributed by atoms with Crippen LogP contribution in [0.2, 0.25) is 0 Å². The smallest absolute Gasteiger partial charge is 0.412 e. The molecule has 0 spiro atoms. The zero-order valence-electron chi connectivity index (χ0n) is 36.4. The number of methoxy groups -OCH3 is 1. The summed E-state index contributed by atoms with van der Waals surface area (Å²) in [5.74, 6) is 0.664. The number of anilines is 1. The van der Waals surface area contributed by atoms with Crippen LogP contribution in [0, 0.1) is 21.4 Å². The molecule has 6 rings (SSSR count). The third-order valence-electron chi connectivity index (χ3n) is 10.5. The first-order chi connectivity index (χ1) is 30.9. The minimum atomic E-state index is -1.72. The highest BCUT2D eigenvalue weighted by molar-refractivity contribution is 7.44. The van der Waals surface area contributed by atoms with E-state index in [-0.39, 0.29) is 56.3 Å². The van der Waals surface area contributed by atoms with Gasteiger partial charge in [0.2, 0.25) is 0 Å². The number of nitrogens with zero attached hydrogens (tertiary/aromatic N) is 5. The van der Waals surface area contributed by atoms with Crippen LogP contribution < -0.4 is 15.7 Å². The molecule has 17 heteroatoms. The SMILES string of the molecule is COc1ccc(C(OC[C@H]2O[C@@H](n3ccc(NC(=O)OCCc4ccc([N+](=O)[O-])cc4)nc3=O)C[C@@H]2OP(OCCC#N)N(C(C)C)C(C)C)(c2ccccc2)c2ccccc2)cc1. The second-order valence-corrected chi connectivity index (χ2v) is 16.9. The highest BCUT2D eigenvalue weighted by Gasteiger charge is 2.45. The molecule has 4 aromatic carbocycles. The Labute approximate surface area is 373 Å². The summed E-state index contributed by atoms with van der Waals surface area (Å²) in [5, 5.41) is 22.8. The monoisotopic (exact) mass is 892 g/mol. The highest BCUT2D eigenvalue weighted by atomic mass is 31.2. The molecule has 1 N–H and O–H groups in total. The van der Waals surface area contributed by atoms with Gasteiger partial charge in [0.05, 0.1) is 50.4 Å². The Morgan fingerprint density at radius 2 is 1.58 bits per heavy atom. The number of nitriles is 1. The van der Waals surface area contributed by atoms with Crippen molar-refractivity contribution in [1.29, 1.82) is 5.26 Å². The van der Waals surface area contributed by atoms with Crippen LogP contribution in [0.25, 0.3) is 0 Å². The van der Waals surface area contributed by atoms with E-state index < -0.39 is 49.3 Å². The lowest BCUT2D eigenvalue weighted by molar-refractivity contribution is -0.384. The minimum Gasteiger partial charge on any atom is -0.497 e. The predicted octanol–water partition coefficient (Wildman–Crippen LogP) is 8.91. The number of aromatic nitrogens is 2. The molecule has 4 atom stereocenters. The molecule has 64 heavy (non-hydrogen) atoms. The number of non-ortho nitro benzene ring substituents is 1. The molecule has 1 aliphatic heterocycles. The zero-order chi connectivity index (χ0) is 45.6. The van der Waals surface area contributed by atoms with Crippen LogP contribution in [0.1, 0.15) is 69.0 Å². The van der Waals surface area contributed by atoms with Crippen molar-refractivity contribution in [3.05, 3.63) is 164 Å². The van der Waals surface area contributed by atoms with Gasteiger partial charge in [0.1, 0.15) is 29.5 Å². The molecular weight excluding hydrogens is 840 g/mol. The fourth-order valence-corrected chi connectivity index (χ4v) is 9.32. The number of ether oxygens (including phenoxy) is 4. The lowest BCUT2D eigenvalue weighted by Crippen LogP contribution is -2.39. The van der Waals surface area contributed by atoms with Crippen molar-refractivity contribution in [3.63, 3.8) is 0 Å². The van der Waals surface area contributed by atoms with Gasteiger partial charge in [0.15, 0.2) is 0 Å². The Hall–Kier alpha value is -6.05. The fraction of sp³-hybridized carbons (Fsp3) is 0.362. The molecule has 5 aromatic rings. The average molecular weight is 893 g/mol. The lowest BCUT2D eigenvalue weighted by atomic mass is 9.80. The molecule has 1 amide bonds. The van der Waals surface area contributed by atoms with Crippen LogP contribution in [0.15, 0.2) is 126 Å². The summed E-state index contributed by atoms with van der Waals surface area (Å²) in [5.41, 5.74) is 1.49. The third-order valence-corrected chi connectivity index (χ3v) is 12.7. The first-order valence-corrected chi connectivity index (χ1v) is 22.1. The van der Waals surface area contributed by atoms with Gasteiger partial charge >= 0.3 is 11.8 Å². The maximum Gasteiger partial charge on any atom is 0.412 e. The number of amides is 1. The minimum absolute atomic E-state index is 0.00917. The second-order valence-electron chi connectivity index (χ2n) is 15.4. The molecule has 1 saturated heterocycles. The highest BCUT2D eigenvalue weighted by Crippen LogP contribution is 2.50. The molecule has 1 aromatic heterocycles. The molecule has 1 aliphatic rings. The molecule has 1 unspecified atom stereocenters. The zero-order valence-corrected chi connectivity index (χ0v) is 37.3. The molecular formula is C47H53N6O10P. The summed E-state index contributed by atoms with van der Waals surface area (Å²) in [4.78, 5) is 40.9. The number of nitrogens with one attached hydrogen (secondary N) is 1. The molecule has 0 bridgehead atoms. The van der Waals surface area contributed by atoms with Gasteiger partial charge in [0, 0.05) is 43.3 Å². The van der Waals surface area contributed by atoms with E-state index in [1.807, 2.05) is 84.9 Å². The van der Waals surface area contributed by atoms with Gasteiger partial charge in [-0.1, -0.05) is 84.9 Å². The van der Waals surface area contributed by atoms with Gasteiger partial charge in [-0.25, -0.2) is 14.3 Å². The van der Waals surface area contributed by atoms with Gasteiger partial charge < -0.3 is 28.0 Å². The molecule has 16 nitrogen and oxygen atoms in total. The van der Waals surface area contributed by atoms with Crippen molar-refractivity contribution in [2.45, 2.75) is 83.1 Å². The van der Waals surface area contributed by atoms with Crippen molar-refractivity contribution >= 4 is 26.1 Å². The summed E-state index contributed by atoms with van der Waals surface area (Å²) >= 11 is 0. The standard InChI is InChI=1S/C47H53N6O10P/c1-33(2)52(34(3)4)64(61-29-12-27-48)63-41-31-44(51-28-25-43(49-45(51)54)50-46(55)59-30-26-35-17-21-39(22-18-35)53(56)57)62-42(41)32-60-47(36-13-8-6-9-14-36,37-15-10-7-11-16-37)38-19-23-40(58-5)24-20-38/h6-11,13-25,28,33-34,41-42,44H,12,26,29-32H2,1-5H3,(H,49,50,54,55)/t41-,42+,44+,64?/m0/s1. The summed E-state index contributed by atoms with van der Waals surface area (Å²) in [6.07, 6.45) is -0.875. The maximum atomic E-state index is 13.7. The van der Waals surface area contributed by atoms with Crippen molar-refractivity contribution in [1.82, 2.24) is 14.2 Å². The summed E-state index contributed by atoms with van der Waals surface area (Å²) in [7, 11) is -0.104. The Morgan fingerprint density at radius 1 is 0.953 bits per heavy atom. The van der Waals surface area contributed by atoms with Crippen LogP contribution in [0.5, 0.6) is 5.75 Å². The van der Waals surface area contributed by atoms with Gasteiger partial charge in [-0.05, 0) is 68.1 Å². The van der Waals surface area contributed by atoms with Gasteiger partial charge in [-0.15, -0.1) is 0 Å². The van der Waals surface area contributed by atoms with Crippen LogP contribution in [0.4, 0.5) is 16.3 Å². The fourth-order valence-electron chi connectivity index (χ4n) is 7.56. The normalized spacial score (nSPS) is 16.7. The van der Waals surface area contributed by atoms with E-state index in [1.54, 1.807) is 19.2 Å². The number of hydrogen-bond donors (Lipinski definition) is 1. The van der Waals surface area contributed by atoms with Crippen molar-refractivity contribution in [2.24, 2.45) is 0 Å². The maximum absolute atomic E-state index is 13.7. The van der Waals surface area contributed by atoms with Crippen LogP contribution in [-0.2, 0) is 35.3 Å². The average Bonchev–Trinajstić information content (AvgIpc) is 3.69. The lowest BCUT2D eigenvalue weighted by Gasteiger charge is -2.39. The quantitative estimate of drug-likeness (QED) is 0.0242. The topological polar surface area (TPSA) is 190 Å². The Balaban J connectivity index is 1.28. The number of nitro groups is 1. The van der Waals surface area contributed by atoms with E-state index in [4.69, 9.17) is 28.0 Å². The van der Waals surface area contributed by atoms with Crippen LogP contribution >= 0.6 is 8.53 Å². The first-order valence-electron chi connectivity index (χ1n) is 21.0. The van der Waals surface area contributed by atoms with Crippen molar-refractivity contribution in [3.8, 4) is 11.8 Å². The number of rotatable bonds is 21. The number of carbonyl (C=O) groups excluding carboxylic acids is 1.